The number of rotatable bonds is 5. The molecule has 12 heteroatoms. The molecule has 4 rings (SSSR count). The molecule has 0 aromatic heterocycles. The highest BCUT2D eigenvalue weighted by Crippen LogP contribution is 2.38. The Morgan fingerprint density at radius 1 is 1.19 bits per heavy atom. The van der Waals surface area contributed by atoms with E-state index >= 15 is 0 Å². The Kier molecular flexibility index (Phi) is 5.01. The van der Waals surface area contributed by atoms with E-state index in [4.69, 9.17) is 4.74 Å². The Hall–Kier alpha value is -3.67. The van der Waals surface area contributed by atoms with E-state index in [1.807, 2.05) is 0 Å². The van der Waals surface area contributed by atoms with Crippen molar-refractivity contribution in [1.29, 1.82) is 0 Å². The molecule has 160 valence electrons. The SMILES string of the molecule is C=C1CS(=O)[C@H]2C(N3C(=O)C=CC3=O)C(=O)N2C1C(=O)OCc1ccc([N+](=O)[O-])cc1. The van der Waals surface area contributed by atoms with Crippen LogP contribution < -0.4 is 0 Å². The molecule has 3 aliphatic rings. The van der Waals surface area contributed by atoms with Crippen LogP contribution in [0.15, 0.2) is 48.6 Å². The largest absolute Gasteiger partial charge is 0.459 e. The van der Waals surface area contributed by atoms with Crippen LogP contribution in [-0.4, -0.2) is 65.8 Å². The van der Waals surface area contributed by atoms with Gasteiger partial charge in [-0.3, -0.25) is 33.6 Å². The number of non-ortho nitro benzene ring substituents is 1. The quantitative estimate of drug-likeness (QED) is 0.151. The zero-order valence-electron chi connectivity index (χ0n) is 15.8. The molecule has 4 atom stereocenters. The number of ether oxygens (including phenoxy) is 1. The first kappa shape index (κ1) is 20.6. The van der Waals surface area contributed by atoms with E-state index in [-0.39, 0.29) is 23.6 Å². The van der Waals surface area contributed by atoms with Gasteiger partial charge in [-0.05, 0) is 23.3 Å². The van der Waals surface area contributed by atoms with Crippen LogP contribution in [0, 0.1) is 10.1 Å². The Bertz CT molecular complexity index is 1080. The van der Waals surface area contributed by atoms with Gasteiger partial charge < -0.3 is 9.64 Å². The molecule has 1 aromatic rings. The molecule has 2 saturated heterocycles. The van der Waals surface area contributed by atoms with Gasteiger partial charge in [-0.25, -0.2) is 4.79 Å². The molecular weight excluding hydrogens is 430 g/mol. The zero-order valence-corrected chi connectivity index (χ0v) is 16.6. The van der Waals surface area contributed by atoms with Gasteiger partial charge in [0.2, 0.25) is 0 Å². The lowest BCUT2D eigenvalue weighted by atomic mass is 9.97. The van der Waals surface area contributed by atoms with Gasteiger partial charge >= 0.3 is 5.97 Å². The number of amides is 3. The molecule has 0 radical (unpaired) electrons. The summed E-state index contributed by atoms with van der Waals surface area (Å²) in [5, 5.41) is 9.69. The highest BCUT2D eigenvalue weighted by molar-refractivity contribution is 7.86. The summed E-state index contributed by atoms with van der Waals surface area (Å²) in [5.74, 6) is -2.95. The molecule has 1 aromatic carbocycles. The number of imide groups is 1. The third-order valence-corrected chi connectivity index (χ3v) is 6.87. The summed E-state index contributed by atoms with van der Waals surface area (Å²) in [6.07, 6.45) is 2.05. The number of carbonyl (C=O) groups excluding carboxylic acids is 4. The van der Waals surface area contributed by atoms with Gasteiger partial charge in [0.25, 0.3) is 23.4 Å². The molecule has 0 N–H and O–H groups in total. The number of esters is 1. The molecule has 3 amide bonds. The highest BCUT2D eigenvalue weighted by atomic mass is 32.2. The predicted molar refractivity (Wildman–Crippen MR) is 104 cm³/mol. The predicted octanol–water partition coefficient (Wildman–Crippen LogP) is -0.213. The summed E-state index contributed by atoms with van der Waals surface area (Å²) in [7, 11) is -1.66. The van der Waals surface area contributed by atoms with Crippen LogP contribution in [0.1, 0.15) is 5.56 Å². The standard InChI is InChI=1S/C19H15N3O8S/c1-10-9-31(29)18-16(20-13(23)6-7-14(20)24)17(25)21(18)15(10)19(26)30-8-11-2-4-12(5-3-11)22(27)28/h2-7,15-16,18H,1,8-9H2/t15?,16?,18-,31?/m0/s1. The maximum atomic E-state index is 12.8. The van der Waals surface area contributed by atoms with Crippen LogP contribution in [-0.2, 0) is 41.3 Å². The van der Waals surface area contributed by atoms with Crippen molar-refractivity contribution in [1.82, 2.24) is 9.80 Å². The number of carbonyl (C=O) groups is 4. The van der Waals surface area contributed by atoms with Crippen molar-refractivity contribution >= 4 is 40.2 Å². The maximum Gasteiger partial charge on any atom is 0.333 e. The summed E-state index contributed by atoms with van der Waals surface area (Å²) in [6.45, 7) is 3.53. The molecule has 3 heterocycles. The van der Waals surface area contributed by atoms with E-state index in [0.29, 0.717) is 5.56 Å². The highest BCUT2D eigenvalue weighted by Gasteiger charge is 2.62. The minimum absolute atomic E-state index is 0.0914. The number of nitro benzene ring substituents is 1. The Morgan fingerprint density at radius 2 is 1.81 bits per heavy atom. The van der Waals surface area contributed by atoms with Crippen molar-refractivity contribution in [2.45, 2.75) is 24.1 Å². The van der Waals surface area contributed by atoms with Gasteiger partial charge in [0.1, 0.15) is 12.0 Å². The molecule has 31 heavy (non-hydrogen) atoms. The van der Waals surface area contributed by atoms with Crippen molar-refractivity contribution in [3.63, 3.8) is 0 Å². The number of hydrogen-bond donors (Lipinski definition) is 0. The summed E-state index contributed by atoms with van der Waals surface area (Å²) in [6, 6.07) is 2.95. The van der Waals surface area contributed by atoms with Crippen LogP contribution in [0.3, 0.4) is 0 Å². The summed E-state index contributed by atoms with van der Waals surface area (Å²) >= 11 is 0. The Labute approximate surface area is 177 Å². The second-order valence-corrected chi connectivity index (χ2v) is 8.61. The average Bonchev–Trinajstić information content (AvgIpc) is 3.05. The van der Waals surface area contributed by atoms with Crippen LogP contribution in [0.2, 0.25) is 0 Å². The number of benzene rings is 1. The first-order chi connectivity index (χ1) is 14.7. The van der Waals surface area contributed by atoms with Gasteiger partial charge in [-0.1, -0.05) is 6.58 Å². The van der Waals surface area contributed by atoms with Gasteiger partial charge in [0, 0.05) is 30.0 Å². The lowest BCUT2D eigenvalue weighted by Gasteiger charge is -2.53. The number of nitrogens with zero attached hydrogens (tertiary/aromatic N) is 3. The second-order valence-electron chi connectivity index (χ2n) is 7.08. The third kappa shape index (κ3) is 3.34. The minimum Gasteiger partial charge on any atom is -0.459 e. The maximum absolute atomic E-state index is 12.8. The Balaban J connectivity index is 1.49. The van der Waals surface area contributed by atoms with Crippen molar-refractivity contribution < 1.29 is 33.0 Å². The summed E-state index contributed by atoms with van der Waals surface area (Å²) in [5.41, 5.74) is 0.596. The second kappa shape index (κ2) is 7.54. The fraction of sp³-hybridized carbons (Fsp3) is 0.263. The lowest BCUT2D eigenvalue weighted by Crippen LogP contribution is -2.78. The molecule has 0 spiro atoms. The first-order valence-electron chi connectivity index (χ1n) is 9.03. The van der Waals surface area contributed by atoms with Crippen LogP contribution in [0.5, 0.6) is 0 Å². The number of hydrogen-bond acceptors (Lipinski definition) is 8. The molecule has 3 unspecified atom stereocenters. The molecule has 3 aliphatic heterocycles. The van der Waals surface area contributed by atoms with Gasteiger partial charge in [0.15, 0.2) is 12.1 Å². The van der Waals surface area contributed by atoms with Crippen molar-refractivity contribution in [3.8, 4) is 0 Å². The van der Waals surface area contributed by atoms with Crippen molar-refractivity contribution in [2.24, 2.45) is 0 Å². The zero-order chi connectivity index (χ0) is 22.4. The number of β-lactam (4-membered cyclic amide) rings is 1. The van der Waals surface area contributed by atoms with Gasteiger partial charge in [-0.2, -0.15) is 0 Å². The Morgan fingerprint density at radius 3 is 2.39 bits per heavy atom. The van der Waals surface area contributed by atoms with E-state index in [1.54, 1.807) is 0 Å². The van der Waals surface area contributed by atoms with E-state index < -0.39 is 56.9 Å². The van der Waals surface area contributed by atoms with Crippen LogP contribution in [0.25, 0.3) is 0 Å². The van der Waals surface area contributed by atoms with Crippen LogP contribution >= 0.6 is 0 Å². The third-order valence-electron chi connectivity index (χ3n) is 5.19. The lowest BCUT2D eigenvalue weighted by molar-refractivity contribution is -0.384. The van der Waals surface area contributed by atoms with Crippen LogP contribution in [0.4, 0.5) is 5.69 Å². The summed E-state index contributed by atoms with van der Waals surface area (Å²) < 4.78 is 17.9. The monoisotopic (exact) mass is 445 g/mol. The molecule has 11 nitrogen and oxygen atoms in total. The number of fused-ring (bicyclic) bond motifs is 1. The van der Waals surface area contributed by atoms with E-state index in [9.17, 15) is 33.5 Å². The molecule has 2 fully saturated rings. The molecule has 0 saturated carbocycles. The van der Waals surface area contributed by atoms with E-state index in [2.05, 4.69) is 6.58 Å². The normalized spacial score (nSPS) is 27.2. The van der Waals surface area contributed by atoms with E-state index in [0.717, 1.165) is 22.0 Å². The topological polar surface area (TPSA) is 144 Å². The fourth-order valence-corrected chi connectivity index (χ4v) is 5.41. The fourth-order valence-electron chi connectivity index (χ4n) is 3.71. The van der Waals surface area contributed by atoms with Gasteiger partial charge in [0.05, 0.1) is 15.7 Å². The molecule has 0 aliphatic carbocycles. The molecular formula is C19H15N3O8S. The molecule has 0 bridgehead atoms. The first-order valence-corrected chi connectivity index (χ1v) is 10.4. The number of nitro groups is 1. The average molecular weight is 445 g/mol. The smallest absolute Gasteiger partial charge is 0.333 e. The van der Waals surface area contributed by atoms with Crippen molar-refractivity contribution in [3.05, 3.63) is 64.2 Å². The minimum atomic E-state index is -1.66. The van der Waals surface area contributed by atoms with Gasteiger partial charge in [-0.15, -0.1) is 0 Å². The van der Waals surface area contributed by atoms with E-state index in [1.165, 1.54) is 24.3 Å². The van der Waals surface area contributed by atoms with Crippen molar-refractivity contribution in [2.75, 3.05) is 5.75 Å². The summed E-state index contributed by atoms with van der Waals surface area (Å²) in [4.78, 5) is 61.3.